The molecule has 1 unspecified atom stereocenters. The normalized spacial score (nSPS) is 18.6. The van der Waals surface area contributed by atoms with Crippen molar-refractivity contribution in [3.05, 3.63) is 12.4 Å². The Kier molecular flexibility index (Phi) is 7.02. The van der Waals surface area contributed by atoms with Gasteiger partial charge in [-0.25, -0.2) is 9.97 Å². The minimum absolute atomic E-state index is 0. The molecule has 0 amide bonds. The zero-order valence-electron chi connectivity index (χ0n) is 12.7. The fourth-order valence-corrected chi connectivity index (χ4v) is 2.65. The summed E-state index contributed by atoms with van der Waals surface area (Å²) in [6.45, 7) is 8.39. The van der Waals surface area contributed by atoms with Gasteiger partial charge in [-0.15, -0.1) is 12.4 Å². The monoisotopic (exact) mass is 299 g/mol. The number of nitrogens with zero attached hydrogens (tertiary/aromatic N) is 4. The Morgan fingerprint density at radius 2 is 2.10 bits per heavy atom. The fourth-order valence-electron chi connectivity index (χ4n) is 2.65. The molecule has 6 heteroatoms. The highest BCUT2D eigenvalue weighted by molar-refractivity contribution is 5.85. The van der Waals surface area contributed by atoms with E-state index in [2.05, 4.69) is 45.0 Å². The summed E-state index contributed by atoms with van der Waals surface area (Å²) in [5.74, 6) is 2.08. The number of rotatable bonds is 5. The molecule has 1 aromatic heterocycles. The molecular weight excluding hydrogens is 274 g/mol. The van der Waals surface area contributed by atoms with Gasteiger partial charge in [-0.3, -0.25) is 0 Å². The summed E-state index contributed by atoms with van der Waals surface area (Å²) in [5, 5.41) is 3.37. The molecule has 1 aliphatic heterocycles. The number of hydrogen-bond donors (Lipinski definition) is 1. The molecular formula is C14H26ClN5. The molecule has 1 aliphatic rings. The van der Waals surface area contributed by atoms with Crippen molar-refractivity contribution in [2.75, 3.05) is 43.0 Å². The molecule has 5 nitrogen and oxygen atoms in total. The molecule has 1 N–H and O–H groups in total. The van der Waals surface area contributed by atoms with Gasteiger partial charge in [0.25, 0.3) is 0 Å². The maximum atomic E-state index is 4.44. The van der Waals surface area contributed by atoms with Gasteiger partial charge in [-0.2, -0.15) is 0 Å². The largest absolute Gasteiger partial charge is 0.357 e. The summed E-state index contributed by atoms with van der Waals surface area (Å²) in [6, 6.07) is 2.69. The van der Waals surface area contributed by atoms with E-state index in [1.165, 1.54) is 12.8 Å². The van der Waals surface area contributed by atoms with Crippen LogP contribution in [0.5, 0.6) is 0 Å². The topological polar surface area (TPSA) is 44.3 Å². The van der Waals surface area contributed by atoms with E-state index in [0.29, 0.717) is 6.04 Å². The molecule has 1 fully saturated rings. The first-order valence-electron chi connectivity index (χ1n) is 7.27. The lowest BCUT2D eigenvalue weighted by atomic mass is 10.1. The first kappa shape index (κ1) is 17.0. The van der Waals surface area contributed by atoms with Crippen LogP contribution in [0, 0.1) is 0 Å². The zero-order chi connectivity index (χ0) is 13.7. The quantitative estimate of drug-likeness (QED) is 0.900. The van der Waals surface area contributed by atoms with Gasteiger partial charge in [0, 0.05) is 38.3 Å². The van der Waals surface area contributed by atoms with Crippen LogP contribution >= 0.6 is 12.4 Å². The standard InChI is InChI=1S/C14H25N5.ClH/c1-4-18(5-2)13-9-14(17-11-16-13)19-8-6-7-12(10-19)15-3;/h9,11-12,15H,4-8,10H2,1-3H3;1H. The predicted molar refractivity (Wildman–Crippen MR) is 87.1 cm³/mol. The number of nitrogens with one attached hydrogen (secondary N) is 1. The number of anilines is 2. The third kappa shape index (κ3) is 3.96. The minimum Gasteiger partial charge on any atom is -0.357 e. The minimum atomic E-state index is 0. The maximum absolute atomic E-state index is 4.44. The lowest BCUT2D eigenvalue weighted by Gasteiger charge is -2.33. The Bertz CT molecular complexity index is 397. The van der Waals surface area contributed by atoms with Gasteiger partial charge in [0.05, 0.1) is 0 Å². The van der Waals surface area contributed by atoms with E-state index >= 15 is 0 Å². The van der Waals surface area contributed by atoms with Gasteiger partial charge in [-0.1, -0.05) is 0 Å². The molecule has 114 valence electrons. The number of piperidine rings is 1. The van der Waals surface area contributed by atoms with Gasteiger partial charge >= 0.3 is 0 Å². The first-order valence-corrected chi connectivity index (χ1v) is 7.27. The van der Waals surface area contributed by atoms with Crippen LogP contribution in [0.15, 0.2) is 12.4 Å². The van der Waals surface area contributed by atoms with E-state index in [1.807, 2.05) is 7.05 Å². The Labute approximate surface area is 128 Å². The lowest BCUT2D eigenvalue weighted by Crippen LogP contribution is -2.44. The van der Waals surface area contributed by atoms with Crippen LogP contribution in [0.25, 0.3) is 0 Å². The molecule has 0 aliphatic carbocycles. The van der Waals surface area contributed by atoms with E-state index in [-0.39, 0.29) is 12.4 Å². The van der Waals surface area contributed by atoms with Gasteiger partial charge < -0.3 is 15.1 Å². The molecule has 0 spiro atoms. The van der Waals surface area contributed by atoms with E-state index in [1.54, 1.807) is 6.33 Å². The SMILES string of the molecule is CCN(CC)c1cc(N2CCCC(NC)C2)ncn1.Cl. The van der Waals surface area contributed by atoms with Gasteiger partial charge in [0.2, 0.25) is 0 Å². The second kappa shape index (κ2) is 8.27. The Morgan fingerprint density at radius 1 is 1.35 bits per heavy atom. The first-order chi connectivity index (χ1) is 9.28. The smallest absolute Gasteiger partial charge is 0.134 e. The van der Waals surface area contributed by atoms with Gasteiger partial charge in [-0.05, 0) is 33.7 Å². The second-order valence-corrected chi connectivity index (χ2v) is 4.98. The third-order valence-electron chi connectivity index (χ3n) is 3.88. The summed E-state index contributed by atoms with van der Waals surface area (Å²) in [7, 11) is 2.04. The summed E-state index contributed by atoms with van der Waals surface area (Å²) < 4.78 is 0. The van der Waals surface area contributed by atoms with Crippen molar-refractivity contribution in [3.8, 4) is 0 Å². The van der Waals surface area contributed by atoms with Crippen molar-refractivity contribution >= 4 is 24.0 Å². The molecule has 0 bridgehead atoms. The molecule has 20 heavy (non-hydrogen) atoms. The molecule has 2 rings (SSSR count). The van der Waals surface area contributed by atoms with Crippen molar-refractivity contribution in [2.45, 2.75) is 32.7 Å². The summed E-state index contributed by atoms with van der Waals surface area (Å²) in [6.07, 6.45) is 4.16. The van der Waals surface area contributed by atoms with Crippen molar-refractivity contribution in [1.82, 2.24) is 15.3 Å². The predicted octanol–water partition coefficient (Wildman–Crippen LogP) is 1.93. The van der Waals surface area contributed by atoms with Crippen LogP contribution in [0.4, 0.5) is 11.6 Å². The lowest BCUT2D eigenvalue weighted by molar-refractivity contribution is 0.447. The Morgan fingerprint density at radius 3 is 2.75 bits per heavy atom. The van der Waals surface area contributed by atoms with Crippen LogP contribution in [0.1, 0.15) is 26.7 Å². The zero-order valence-corrected chi connectivity index (χ0v) is 13.5. The van der Waals surface area contributed by atoms with Crippen molar-refractivity contribution in [3.63, 3.8) is 0 Å². The number of hydrogen-bond acceptors (Lipinski definition) is 5. The molecule has 1 atom stereocenters. The van der Waals surface area contributed by atoms with Crippen molar-refractivity contribution in [1.29, 1.82) is 0 Å². The van der Waals surface area contributed by atoms with Gasteiger partial charge in [0.1, 0.15) is 18.0 Å². The molecule has 2 heterocycles. The van der Waals surface area contributed by atoms with Crippen LogP contribution in [0.3, 0.4) is 0 Å². The van der Waals surface area contributed by atoms with Gasteiger partial charge in [0.15, 0.2) is 0 Å². The maximum Gasteiger partial charge on any atom is 0.134 e. The number of halogens is 1. The second-order valence-electron chi connectivity index (χ2n) is 4.98. The summed E-state index contributed by atoms with van der Waals surface area (Å²) >= 11 is 0. The number of likely N-dealkylation sites (N-methyl/N-ethyl adjacent to an activating group) is 1. The molecule has 0 radical (unpaired) electrons. The van der Waals surface area contributed by atoms with E-state index < -0.39 is 0 Å². The van der Waals surface area contributed by atoms with Crippen molar-refractivity contribution in [2.24, 2.45) is 0 Å². The van der Waals surface area contributed by atoms with E-state index in [0.717, 1.165) is 37.8 Å². The van der Waals surface area contributed by atoms with Crippen LogP contribution in [0.2, 0.25) is 0 Å². The average Bonchev–Trinajstić information content (AvgIpc) is 2.49. The highest BCUT2D eigenvalue weighted by atomic mass is 35.5. The summed E-state index contributed by atoms with van der Waals surface area (Å²) in [5.41, 5.74) is 0. The molecule has 0 aromatic carbocycles. The molecule has 1 aromatic rings. The van der Waals surface area contributed by atoms with Crippen molar-refractivity contribution < 1.29 is 0 Å². The van der Waals surface area contributed by atoms with Crippen LogP contribution < -0.4 is 15.1 Å². The Balaban J connectivity index is 0.00000200. The highest BCUT2D eigenvalue weighted by Crippen LogP contribution is 2.21. The van der Waals surface area contributed by atoms with Crippen LogP contribution in [-0.2, 0) is 0 Å². The molecule has 0 saturated carbocycles. The Hall–Kier alpha value is -1.07. The van der Waals surface area contributed by atoms with E-state index in [4.69, 9.17) is 0 Å². The highest BCUT2D eigenvalue weighted by Gasteiger charge is 2.20. The summed E-state index contributed by atoms with van der Waals surface area (Å²) in [4.78, 5) is 13.4. The molecule has 1 saturated heterocycles. The fraction of sp³-hybridized carbons (Fsp3) is 0.714. The average molecular weight is 300 g/mol. The number of aromatic nitrogens is 2. The van der Waals surface area contributed by atoms with E-state index in [9.17, 15) is 0 Å². The third-order valence-corrected chi connectivity index (χ3v) is 3.88. The van der Waals surface area contributed by atoms with Crippen LogP contribution in [-0.4, -0.2) is 49.2 Å².